The van der Waals surface area contributed by atoms with Crippen molar-refractivity contribution in [2.24, 2.45) is 5.14 Å². The fraction of sp³-hybridized carbons (Fsp3) is 0.200. The number of nitrogens with zero attached hydrogens (tertiary/aromatic N) is 3. The highest BCUT2D eigenvalue weighted by atomic mass is 32.2. The van der Waals surface area contributed by atoms with Crippen LogP contribution in [-0.2, 0) is 21.2 Å². The van der Waals surface area contributed by atoms with Crippen LogP contribution in [0, 0.1) is 5.82 Å². The summed E-state index contributed by atoms with van der Waals surface area (Å²) in [5, 5.41) is 19.4. The van der Waals surface area contributed by atoms with Gasteiger partial charge in [0.25, 0.3) is 0 Å². The van der Waals surface area contributed by atoms with E-state index in [0.29, 0.717) is 35.0 Å². The molecule has 0 aliphatic heterocycles. The minimum absolute atomic E-state index is 0.0198. The van der Waals surface area contributed by atoms with Gasteiger partial charge in [0.15, 0.2) is 0 Å². The number of amides is 1. The van der Waals surface area contributed by atoms with Crippen LogP contribution in [0.25, 0.3) is 16.9 Å². The van der Waals surface area contributed by atoms with E-state index in [0.717, 1.165) is 5.56 Å². The Balaban J connectivity index is 1.94. The van der Waals surface area contributed by atoms with Crippen molar-refractivity contribution < 1.29 is 22.8 Å². The van der Waals surface area contributed by atoms with Crippen molar-refractivity contribution in [3.63, 3.8) is 0 Å². The second-order valence-electron chi connectivity index (χ2n) is 6.75. The van der Waals surface area contributed by atoms with Crippen molar-refractivity contribution in [1.82, 2.24) is 14.8 Å². The third-order valence-corrected chi connectivity index (χ3v) is 5.42. The number of primary sulfonamides is 1. The molecule has 0 aliphatic carbocycles. The monoisotopic (exact) mass is 432 g/mol. The maximum Gasteiger partial charge on any atom is 0.245 e. The number of hydrogen-bond acceptors (Lipinski definition) is 5. The number of sulfonamides is 1. The Morgan fingerprint density at radius 1 is 1.17 bits per heavy atom. The fourth-order valence-electron chi connectivity index (χ4n) is 2.93. The molecule has 0 saturated heterocycles. The Bertz CT molecular complexity index is 1140. The van der Waals surface area contributed by atoms with Gasteiger partial charge < -0.3 is 0 Å². The van der Waals surface area contributed by atoms with E-state index in [1.165, 1.54) is 31.3 Å². The van der Waals surface area contributed by atoms with Gasteiger partial charge in [-0.05, 0) is 67.4 Å². The smallest absolute Gasteiger partial charge is 0.245 e. The molecule has 0 radical (unpaired) electrons. The van der Waals surface area contributed by atoms with Crippen molar-refractivity contribution in [3.8, 4) is 16.9 Å². The average molecular weight is 432 g/mol. The maximum absolute atomic E-state index is 13.3. The second-order valence-corrected chi connectivity index (χ2v) is 8.31. The third kappa shape index (κ3) is 5.09. The zero-order chi connectivity index (χ0) is 21.9. The molecule has 2 aromatic carbocycles. The highest BCUT2D eigenvalue weighted by Gasteiger charge is 2.14. The van der Waals surface area contributed by atoms with Gasteiger partial charge in [-0.1, -0.05) is 0 Å². The Morgan fingerprint density at radius 2 is 1.80 bits per heavy atom. The van der Waals surface area contributed by atoms with Gasteiger partial charge >= 0.3 is 0 Å². The second kappa shape index (κ2) is 8.74. The SMILES string of the molecule is CN(O)C(=O)CCCc1cc(-c2ccc(F)cc2)n(-c2ccc(S(N)(=O)=O)cc2)n1. The molecule has 0 saturated carbocycles. The fourth-order valence-corrected chi connectivity index (χ4v) is 3.45. The first-order valence-corrected chi connectivity index (χ1v) is 10.6. The van der Waals surface area contributed by atoms with E-state index in [2.05, 4.69) is 5.10 Å². The average Bonchev–Trinajstić information content (AvgIpc) is 3.12. The van der Waals surface area contributed by atoms with Crippen LogP contribution in [-0.4, -0.2) is 41.4 Å². The molecule has 8 nitrogen and oxygen atoms in total. The summed E-state index contributed by atoms with van der Waals surface area (Å²) in [5.41, 5.74) is 2.69. The summed E-state index contributed by atoms with van der Waals surface area (Å²) in [7, 11) is -2.55. The summed E-state index contributed by atoms with van der Waals surface area (Å²) in [5.74, 6) is -0.763. The zero-order valence-corrected chi connectivity index (χ0v) is 17.0. The summed E-state index contributed by atoms with van der Waals surface area (Å²) in [4.78, 5) is 11.5. The lowest BCUT2D eigenvalue weighted by Gasteiger charge is -2.08. The Kier molecular flexibility index (Phi) is 6.30. The number of carbonyl (C=O) groups is 1. The highest BCUT2D eigenvalue weighted by Crippen LogP contribution is 2.25. The van der Waals surface area contributed by atoms with Crippen molar-refractivity contribution in [3.05, 3.63) is 66.1 Å². The summed E-state index contributed by atoms with van der Waals surface area (Å²) in [6, 6.07) is 13.7. The predicted molar refractivity (Wildman–Crippen MR) is 108 cm³/mol. The molecule has 0 fully saturated rings. The number of rotatable bonds is 7. The number of halogens is 1. The molecule has 10 heteroatoms. The Labute approximate surface area is 173 Å². The number of hydroxylamine groups is 2. The quantitative estimate of drug-likeness (QED) is 0.439. The van der Waals surface area contributed by atoms with Crippen LogP contribution in [0.1, 0.15) is 18.5 Å². The molecule has 3 aromatic rings. The van der Waals surface area contributed by atoms with E-state index in [-0.39, 0.29) is 17.1 Å². The molecule has 1 amide bonds. The summed E-state index contributed by atoms with van der Waals surface area (Å²) >= 11 is 0. The van der Waals surface area contributed by atoms with Gasteiger partial charge in [0.2, 0.25) is 15.9 Å². The van der Waals surface area contributed by atoms with Crippen molar-refractivity contribution in [1.29, 1.82) is 0 Å². The first-order valence-electron chi connectivity index (χ1n) is 9.09. The first-order chi connectivity index (χ1) is 14.1. The molecule has 0 bridgehead atoms. The van der Waals surface area contributed by atoms with Gasteiger partial charge in [-0.3, -0.25) is 10.0 Å². The van der Waals surface area contributed by atoms with Gasteiger partial charge in [0.05, 0.1) is 22.0 Å². The zero-order valence-electron chi connectivity index (χ0n) is 16.2. The van der Waals surface area contributed by atoms with E-state index in [1.807, 2.05) is 6.07 Å². The molecule has 0 unspecified atom stereocenters. The van der Waals surface area contributed by atoms with Crippen LogP contribution in [0.3, 0.4) is 0 Å². The highest BCUT2D eigenvalue weighted by molar-refractivity contribution is 7.89. The maximum atomic E-state index is 13.3. The summed E-state index contributed by atoms with van der Waals surface area (Å²) in [6.07, 6.45) is 1.12. The number of aryl methyl sites for hydroxylation is 1. The molecular weight excluding hydrogens is 411 g/mol. The van der Waals surface area contributed by atoms with E-state index in [9.17, 15) is 17.6 Å². The van der Waals surface area contributed by atoms with Gasteiger partial charge in [-0.15, -0.1) is 0 Å². The molecule has 1 aromatic heterocycles. The molecule has 30 heavy (non-hydrogen) atoms. The Hall–Kier alpha value is -3.08. The minimum Gasteiger partial charge on any atom is -0.286 e. The molecular formula is C20H21FN4O4S. The number of aromatic nitrogens is 2. The van der Waals surface area contributed by atoms with Crippen LogP contribution in [0.2, 0.25) is 0 Å². The Morgan fingerprint density at radius 3 is 2.37 bits per heavy atom. The summed E-state index contributed by atoms with van der Waals surface area (Å²) in [6.45, 7) is 0. The lowest BCUT2D eigenvalue weighted by molar-refractivity contribution is -0.159. The van der Waals surface area contributed by atoms with E-state index in [4.69, 9.17) is 10.3 Å². The molecule has 3 N–H and O–H groups in total. The number of hydrogen-bond donors (Lipinski definition) is 2. The normalized spacial score (nSPS) is 11.5. The molecule has 0 atom stereocenters. The third-order valence-electron chi connectivity index (χ3n) is 4.49. The van der Waals surface area contributed by atoms with Crippen LogP contribution in [0.5, 0.6) is 0 Å². The number of carbonyl (C=O) groups excluding carboxylic acids is 1. The van der Waals surface area contributed by atoms with Gasteiger partial charge in [-0.25, -0.2) is 27.7 Å². The topological polar surface area (TPSA) is 119 Å². The van der Waals surface area contributed by atoms with Crippen LogP contribution >= 0.6 is 0 Å². The molecule has 158 valence electrons. The lowest BCUT2D eigenvalue weighted by atomic mass is 10.1. The minimum atomic E-state index is -3.82. The van der Waals surface area contributed by atoms with E-state index in [1.54, 1.807) is 28.9 Å². The van der Waals surface area contributed by atoms with Gasteiger partial charge in [-0.2, -0.15) is 5.10 Å². The largest absolute Gasteiger partial charge is 0.286 e. The van der Waals surface area contributed by atoms with Gasteiger partial charge in [0, 0.05) is 19.0 Å². The van der Waals surface area contributed by atoms with E-state index >= 15 is 0 Å². The molecule has 0 spiro atoms. The molecule has 3 rings (SSSR count). The van der Waals surface area contributed by atoms with Crippen molar-refractivity contribution >= 4 is 15.9 Å². The molecule has 1 heterocycles. The van der Waals surface area contributed by atoms with Crippen LogP contribution in [0.4, 0.5) is 4.39 Å². The molecule has 0 aliphatic rings. The van der Waals surface area contributed by atoms with Crippen LogP contribution in [0.15, 0.2) is 59.5 Å². The first kappa shape index (κ1) is 21.6. The number of benzene rings is 2. The standard InChI is InChI=1S/C20H21FN4O4S/c1-24(27)20(26)4-2-3-16-13-19(14-5-7-15(21)8-6-14)25(23-16)17-9-11-18(12-10-17)30(22,28)29/h5-13,27H,2-4H2,1H3,(H2,22,28,29). The van der Waals surface area contributed by atoms with Crippen molar-refractivity contribution in [2.45, 2.75) is 24.2 Å². The van der Waals surface area contributed by atoms with Crippen molar-refractivity contribution in [2.75, 3.05) is 7.05 Å². The van der Waals surface area contributed by atoms with Crippen LogP contribution < -0.4 is 5.14 Å². The summed E-state index contributed by atoms with van der Waals surface area (Å²) < 4.78 is 38.0. The van der Waals surface area contributed by atoms with Gasteiger partial charge in [0.1, 0.15) is 5.82 Å². The lowest BCUT2D eigenvalue weighted by Crippen LogP contribution is -2.22. The predicted octanol–water partition coefficient (Wildman–Crippen LogP) is 2.50. The number of nitrogens with two attached hydrogens (primary N) is 1. The van der Waals surface area contributed by atoms with E-state index < -0.39 is 15.9 Å².